The molecule has 3 aliphatic rings. The summed E-state index contributed by atoms with van der Waals surface area (Å²) in [6.45, 7) is 0. The second-order valence-corrected chi connectivity index (χ2v) is 6.28. The highest BCUT2D eigenvalue weighted by Gasteiger charge is 2.42. The average molecular weight is 292 g/mol. The Morgan fingerprint density at radius 1 is 1.20 bits per heavy atom. The van der Waals surface area contributed by atoms with Gasteiger partial charge in [0.2, 0.25) is 0 Å². The summed E-state index contributed by atoms with van der Waals surface area (Å²) in [6.07, 6.45) is 4.57. The molecule has 1 aromatic carbocycles. The van der Waals surface area contributed by atoms with Crippen LogP contribution in [0.1, 0.15) is 31.2 Å². The minimum atomic E-state index is -0.405. The van der Waals surface area contributed by atoms with Crippen molar-refractivity contribution in [2.75, 3.05) is 0 Å². The zero-order valence-corrected chi connectivity index (χ0v) is 11.7. The van der Waals surface area contributed by atoms with E-state index >= 15 is 0 Å². The van der Waals surface area contributed by atoms with Gasteiger partial charge in [0.15, 0.2) is 5.17 Å². The number of aliphatic imine (C=N–C) groups is 1. The predicted octanol–water partition coefficient (Wildman–Crippen LogP) is 3.99. The van der Waals surface area contributed by atoms with Gasteiger partial charge in [-0.05, 0) is 31.0 Å². The van der Waals surface area contributed by atoms with Crippen LogP contribution in [0.3, 0.4) is 0 Å². The van der Waals surface area contributed by atoms with Crippen molar-refractivity contribution in [1.82, 2.24) is 4.90 Å². The summed E-state index contributed by atoms with van der Waals surface area (Å²) >= 11 is 1.52. The first kappa shape index (κ1) is 12.4. The molecule has 2 atom stereocenters. The Labute approximate surface area is 120 Å². The molecule has 20 heavy (non-hydrogen) atoms. The summed E-state index contributed by atoms with van der Waals surface area (Å²) in [6, 6.07) is 4.28. The minimum absolute atomic E-state index is 0.322. The van der Waals surface area contributed by atoms with Gasteiger partial charge in [0.1, 0.15) is 11.6 Å². The van der Waals surface area contributed by atoms with E-state index in [0.717, 1.165) is 29.8 Å². The normalized spacial score (nSPS) is 28.0. The van der Waals surface area contributed by atoms with E-state index in [4.69, 9.17) is 4.99 Å². The Balaban J connectivity index is 1.73. The van der Waals surface area contributed by atoms with Gasteiger partial charge >= 0.3 is 0 Å². The molecule has 0 N–H and O–H groups in total. The summed E-state index contributed by atoms with van der Waals surface area (Å²) in [4.78, 5) is 6.85. The standard InChI is InChI=1S/C15H14F2N2S/c16-9-5-6-11(17)10(7-9)14-8-20-15-18-12-3-1-2-4-13(12)19(14)15/h5-8,12-13H,1-4H2/t12-,13-/m1/s1. The van der Waals surface area contributed by atoms with Crippen molar-refractivity contribution in [3.05, 3.63) is 40.8 Å². The molecule has 2 nitrogen and oxygen atoms in total. The zero-order valence-electron chi connectivity index (χ0n) is 10.9. The lowest BCUT2D eigenvalue weighted by molar-refractivity contribution is 0.305. The quantitative estimate of drug-likeness (QED) is 0.777. The van der Waals surface area contributed by atoms with Gasteiger partial charge in [0, 0.05) is 11.0 Å². The van der Waals surface area contributed by atoms with E-state index in [0.29, 0.717) is 17.6 Å². The highest BCUT2D eigenvalue weighted by molar-refractivity contribution is 8.16. The number of nitrogens with zero attached hydrogens (tertiary/aromatic N) is 2. The van der Waals surface area contributed by atoms with Crippen molar-refractivity contribution in [3.63, 3.8) is 0 Å². The molecule has 0 unspecified atom stereocenters. The Bertz CT molecular complexity index is 626. The first-order valence-corrected chi connectivity index (χ1v) is 7.81. The molecule has 0 amide bonds. The molecule has 0 bridgehead atoms. The van der Waals surface area contributed by atoms with E-state index in [9.17, 15) is 8.78 Å². The summed E-state index contributed by atoms with van der Waals surface area (Å²) in [5, 5.41) is 2.84. The molecule has 0 aromatic heterocycles. The van der Waals surface area contributed by atoms with Gasteiger partial charge in [0.05, 0.1) is 17.8 Å². The van der Waals surface area contributed by atoms with Gasteiger partial charge in [0.25, 0.3) is 0 Å². The van der Waals surface area contributed by atoms with Gasteiger partial charge in [-0.1, -0.05) is 24.6 Å². The lowest BCUT2D eigenvalue weighted by atomic mass is 9.90. The number of thioether (sulfide) groups is 1. The largest absolute Gasteiger partial charge is 0.315 e. The molecule has 2 aliphatic heterocycles. The van der Waals surface area contributed by atoms with E-state index < -0.39 is 5.82 Å². The van der Waals surface area contributed by atoms with Gasteiger partial charge < -0.3 is 4.90 Å². The van der Waals surface area contributed by atoms with Crippen LogP contribution in [0.2, 0.25) is 0 Å². The highest BCUT2D eigenvalue weighted by Crippen LogP contribution is 2.44. The molecule has 1 fully saturated rings. The number of hydrogen-bond donors (Lipinski definition) is 0. The third-order valence-electron chi connectivity index (χ3n) is 4.25. The maximum Gasteiger partial charge on any atom is 0.168 e. The van der Waals surface area contributed by atoms with Crippen molar-refractivity contribution >= 4 is 22.6 Å². The van der Waals surface area contributed by atoms with E-state index in [-0.39, 0.29) is 5.82 Å². The molecular formula is C15H14F2N2S. The zero-order chi connectivity index (χ0) is 13.7. The van der Waals surface area contributed by atoms with Crippen molar-refractivity contribution < 1.29 is 8.78 Å². The van der Waals surface area contributed by atoms with Gasteiger partial charge in [-0.25, -0.2) is 8.78 Å². The second-order valence-electron chi connectivity index (χ2n) is 5.45. The predicted molar refractivity (Wildman–Crippen MR) is 77.2 cm³/mol. The average Bonchev–Trinajstić information content (AvgIpc) is 3.00. The SMILES string of the molecule is Fc1ccc(F)c(C2=CSC3=N[C@@H]4CCCC[C@H]4N23)c1. The van der Waals surface area contributed by atoms with Crippen LogP contribution < -0.4 is 0 Å². The lowest BCUT2D eigenvalue weighted by Crippen LogP contribution is -2.38. The van der Waals surface area contributed by atoms with Crippen molar-refractivity contribution in [2.45, 2.75) is 37.8 Å². The first-order chi connectivity index (χ1) is 9.74. The molecule has 1 aromatic rings. The van der Waals surface area contributed by atoms with Crippen LogP contribution in [0.5, 0.6) is 0 Å². The highest BCUT2D eigenvalue weighted by atomic mass is 32.2. The summed E-state index contributed by atoms with van der Waals surface area (Å²) < 4.78 is 27.4. The van der Waals surface area contributed by atoms with Crippen LogP contribution in [0.25, 0.3) is 5.70 Å². The van der Waals surface area contributed by atoms with Crippen molar-refractivity contribution in [3.8, 4) is 0 Å². The molecule has 5 heteroatoms. The second kappa shape index (κ2) is 4.58. The van der Waals surface area contributed by atoms with Crippen molar-refractivity contribution in [1.29, 1.82) is 0 Å². The number of amidine groups is 1. The van der Waals surface area contributed by atoms with E-state index in [2.05, 4.69) is 4.90 Å². The van der Waals surface area contributed by atoms with Gasteiger partial charge in [-0.2, -0.15) is 0 Å². The van der Waals surface area contributed by atoms with Crippen LogP contribution >= 0.6 is 11.8 Å². The summed E-state index contributed by atoms with van der Waals surface area (Å²) in [5.41, 5.74) is 1.11. The van der Waals surface area contributed by atoms with Crippen LogP contribution in [0.15, 0.2) is 28.6 Å². The molecule has 4 rings (SSSR count). The molecule has 104 valence electrons. The van der Waals surface area contributed by atoms with E-state index in [1.165, 1.54) is 36.7 Å². The number of benzene rings is 1. The van der Waals surface area contributed by atoms with Crippen LogP contribution in [0, 0.1) is 11.6 Å². The topological polar surface area (TPSA) is 15.6 Å². The third kappa shape index (κ3) is 1.79. The maximum absolute atomic E-state index is 14.0. The van der Waals surface area contributed by atoms with E-state index in [1.54, 1.807) is 0 Å². The minimum Gasteiger partial charge on any atom is -0.315 e. The fourth-order valence-electron chi connectivity index (χ4n) is 3.31. The summed E-state index contributed by atoms with van der Waals surface area (Å²) in [7, 11) is 0. The van der Waals surface area contributed by atoms with Crippen LogP contribution in [-0.2, 0) is 0 Å². The lowest BCUT2D eigenvalue weighted by Gasteiger charge is -2.32. The Morgan fingerprint density at radius 2 is 2.05 bits per heavy atom. The first-order valence-electron chi connectivity index (χ1n) is 6.93. The van der Waals surface area contributed by atoms with Crippen LogP contribution in [-0.4, -0.2) is 22.2 Å². The molecule has 0 spiro atoms. The third-order valence-corrected chi connectivity index (χ3v) is 5.10. The number of hydrogen-bond acceptors (Lipinski definition) is 3. The van der Waals surface area contributed by atoms with Crippen molar-refractivity contribution in [2.24, 2.45) is 4.99 Å². The molecular weight excluding hydrogens is 278 g/mol. The Hall–Kier alpha value is -1.36. The Morgan fingerprint density at radius 3 is 2.95 bits per heavy atom. The molecule has 1 aliphatic carbocycles. The molecule has 0 saturated heterocycles. The fraction of sp³-hybridized carbons (Fsp3) is 0.400. The Kier molecular flexibility index (Phi) is 2.84. The summed E-state index contributed by atoms with van der Waals surface area (Å²) in [5.74, 6) is -0.782. The van der Waals surface area contributed by atoms with Gasteiger partial charge in [-0.15, -0.1) is 0 Å². The molecule has 0 radical (unpaired) electrons. The number of rotatable bonds is 1. The number of fused-ring (bicyclic) bond motifs is 3. The molecule has 2 heterocycles. The fourth-order valence-corrected chi connectivity index (χ4v) is 4.31. The maximum atomic E-state index is 14.0. The van der Waals surface area contributed by atoms with Gasteiger partial charge in [-0.3, -0.25) is 4.99 Å². The smallest absolute Gasteiger partial charge is 0.168 e. The monoisotopic (exact) mass is 292 g/mol. The number of halogens is 2. The van der Waals surface area contributed by atoms with Crippen LogP contribution in [0.4, 0.5) is 8.78 Å². The van der Waals surface area contributed by atoms with E-state index in [1.807, 2.05) is 5.41 Å². The molecule has 1 saturated carbocycles.